The molecule has 1 unspecified atom stereocenters. The predicted octanol–water partition coefficient (Wildman–Crippen LogP) is 2.29. The molecule has 0 bridgehead atoms. The van der Waals surface area contributed by atoms with Crippen molar-refractivity contribution in [2.75, 3.05) is 13.1 Å². The Balaban J connectivity index is 1.80. The van der Waals surface area contributed by atoms with Crippen molar-refractivity contribution < 1.29 is 14.0 Å². The van der Waals surface area contributed by atoms with E-state index in [0.717, 1.165) is 12.8 Å². The fourth-order valence-corrected chi connectivity index (χ4v) is 3.83. The molecular weight excluding hydrogens is 307 g/mol. The first-order valence-electron chi connectivity index (χ1n) is 7.55. The molecule has 1 aromatic carbocycles. The molecule has 0 saturated carbocycles. The Kier molecular flexibility index (Phi) is 4.08. The summed E-state index contributed by atoms with van der Waals surface area (Å²) in [5.41, 5.74) is -0.166. The van der Waals surface area contributed by atoms with Gasteiger partial charge in [-0.25, -0.2) is 4.39 Å². The van der Waals surface area contributed by atoms with Gasteiger partial charge in [0.05, 0.1) is 6.42 Å². The molecule has 1 atom stereocenters. The van der Waals surface area contributed by atoms with Crippen molar-refractivity contribution in [3.8, 4) is 0 Å². The monoisotopic (exact) mass is 324 g/mol. The van der Waals surface area contributed by atoms with Gasteiger partial charge >= 0.3 is 0 Å². The van der Waals surface area contributed by atoms with Crippen molar-refractivity contribution >= 4 is 23.4 Å². The van der Waals surface area contributed by atoms with Gasteiger partial charge in [-0.05, 0) is 49.4 Å². The number of nitrogens with one attached hydrogen (secondary N) is 1. The van der Waals surface area contributed by atoms with Gasteiger partial charge in [0.25, 0.3) is 0 Å². The van der Waals surface area contributed by atoms with E-state index in [9.17, 15) is 14.0 Å². The first-order chi connectivity index (χ1) is 10.5. The van der Waals surface area contributed by atoms with E-state index in [2.05, 4.69) is 5.32 Å². The van der Waals surface area contributed by atoms with Crippen molar-refractivity contribution in [3.63, 3.8) is 0 Å². The highest BCUT2D eigenvalue weighted by Crippen LogP contribution is 2.36. The summed E-state index contributed by atoms with van der Waals surface area (Å²) in [6.45, 7) is 1.25. The fourth-order valence-electron chi connectivity index (χ4n) is 3.58. The lowest BCUT2D eigenvalue weighted by molar-refractivity contribution is -0.146. The van der Waals surface area contributed by atoms with Crippen molar-refractivity contribution in [2.45, 2.75) is 37.6 Å². The van der Waals surface area contributed by atoms with Crippen LogP contribution in [0.3, 0.4) is 0 Å². The van der Waals surface area contributed by atoms with Crippen molar-refractivity contribution in [1.29, 1.82) is 0 Å². The van der Waals surface area contributed by atoms with Gasteiger partial charge in [-0.15, -0.1) is 0 Å². The number of hydrogen-bond acceptors (Lipinski definition) is 2. The van der Waals surface area contributed by atoms with Gasteiger partial charge in [-0.3, -0.25) is 9.59 Å². The number of carbonyl (C=O) groups is 2. The molecule has 2 saturated heterocycles. The Labute approximate surface area is 133 Å². The highest BCUT2D eigenvalue weighted by atomic mass is 35.5. The number of likely N-dealkylation sites (tertiary alicyclic amines) is 1. The van der Waals surface area contributed by atoms with Crippen LogP contribution in [0.4, 0.5) is 4.39 Å². The first kappa shape index (κ1) is 15.3. The largest absolute Gasteiger partial charge is 0.354 e. The Hall–Kier alpha value is -1.62. The van der Waals surface area contributed by atoms with E-state index in [0.29, 0.717) is 31.5 Å². The molecule has 6 heteroatoms. The fraction of sp³-hybridized carbons (Fsp3) is 0.500. The number of nitrogens with zero attached hydrogens (tertiary/aromatic N) is 1. The van der Waals surface area contributed by atoms with Gasteiger partial charge in [0.1, 0.15) is 11.4 Å². The minimum absolute atomic E-state index is 0.0538. The lowest BCUT2D eigenvalue weighted by atomic mass is 9.86. The third-order valence-electron chi connectivity index (χ3n) is 4.54. The number of halogens is 2. The van der Waals surface area contributed by atoms with Crippen molar-refractivity contribution in [3.05, 3.63) is 34.6 Å². The van der Waals surface area contributed by atoms with Crippen LogP contribution in [0.1, 0.15) is 31.2 Å². The van der Waals surface area contributed by atoms with E-state index in [1.807, 2.05) is 0 Å². The average Bonchev–Trinajstić information content (AvgIpc) is 2.86. The second kappa shape index (κ2) is 5.88. The van der Waals surface area contributed by atoms with Crippen LogP contribution in [0, 0.1) is 5.82 Å². The summed E-state index contributed by atoms with van der Waals surface area (Å²) in [5, 5.41) is 3.14. The van der Waals surface area contributed by atoms with Crippen LogP contribution in [-0.4, -0.2) is 35.3 Å². The second-order valence-electron chi connectivity index (χ2n) is 5.99. The number of piperidine rings is 1. The van der Waals surface area contributed by atoms with E-state index in [4.69, 9.17) is 11.6 Å². The Morgan fingerprint density at radius 2 is 2.09 bits per heavy atom. The van der Waals surface area contributed by atoms with Crippen LogP contribution in [0.25, 0.3) is 0 Å². The molecule has 1 spiro atoms. The summed E-state index contributed by atoms with van der Waals surface area (Å²) in [6.07, 6.45) is 3.17. The van der Waals surface area contributed by atoms with E-state index in [1.165, 1.54) is 12.1 Å². The number of rotatable bonds is 2. The van der Waals surface area contributed by atoms with Gasteiger partial charge < -0.3 is 10.2 Å². The molecule has 0 aliphatic carbocycles. The van der Waals surface area contributed by atoms with E-state index < -0.39 is 11.4 Å². The van der Waals surface area contributed by atoms with Crippen LogP contribution in [0.15, 0.2) is 18.2 Å². The molecule has 2 amide bonds. The SMILES string of the molecule is O=C(Cc1cc(F)cc(Cl)c1)N1CCCC12CCCNC2=O. The normalized spacial score (nSPS) is 24.6. The summed E-state index contributed by atoms with van der Waals surface area (Å²) in [7, 11) is 0. The molecule has 2 heterocycles. The number of amides is 2. The maximum Gasteiger partial charge on any atom is 0.245 e. The zero-order valence-electron chi connectivity index (χ0n) is 12.2. The molecule has 1 N–H and O–H groups in total. The summed E-state index contributed by atoms with van der Waals surface area (Å²) in [4.78, 5) is 26.6. The van der Waals surface area contributed by atoms with Gasteiger partial charge in [-0.1, -0.05) is 11.6 Å². The highest BCUT2D eigenvalue weighted by molar-refractivity contribution is 6.30. The second-order valence-corrected chi connectivity index (χ2v) is 6.43. The molecule has 118 valence electrons. The minimum Gasteiger partial charge on any atom is -0.354 e. The molecule has 1 aromatic rings. The third kappa shape index (κ3) is 2.70. The van der Waals surface area contributed by atoms with Crippen LogP contribution in [0.2, 0.25) is 5.02 Å². The molecule has 2 aliphatic rings. The Bertz CT molecular complexity index is 602. The van der Waals surface area contributed by atoms with Gasteiger partial charge in [0.15, 0.2) is 0 Å². The van der Waals surface area contributed by atoms with Crippen molar-refractivity contribution in [2.24, 2.45) is 0 Å². The standard InChI is InChI=1S/C16H18ClFN2O2/c17-12-7-11(8-13(18)10-12)9-14(21)20-6-2-4-16(20)3-1-5-19-15(16)22/h7-8,10H,1-6,9H2,(H,19,22). The maximum absolute atomic E-state index is 13.4. The van der Waals surface area contributed by atoms with Gasteiger partial charge in [0.2, 0.25) is 11.8 Å². The van der Waals surface area contributed by atoms with Crippen LogP contribution in [0.5, 0.6) is 0 Å². The lowest BCUT2D eigenvalue weighted by Crippen LogP contribution is -2.60. The summed E-state index contributed by atoms with van der Waals surface area (Å²) in [6, 6.07) is 4.11. The minimum atomic E-state index is -0.702. The van der Waals surface area contributed by atoms with Crippen molar-refractivity contribution in [1.82, 2.24) is 10.2 Å². The zero-order chi connectivity index (χ0) is 15.7. The molecule has 2 aliphatic heterocycles. The smallest absolute Gasteiger partial charge is 0.245 e. The quantitative estimate of drug-likeness (QED) is 0.907. The third-order valence-corrected chi connectivity index (χ3v) is 4.76. The van der Waals surface area contributed by atoms with Crippen LogP contribution in [-0.2, 0) is 16.0 Å². The number of carbonyl (C=O) groups excluding carboxylic acids is 2. The highest BCUT2D eigenvalue weighted by Gasteiger charge is 2.50. The molecular formula is C16H18ClFN2O2. The summed E-state index contributed by atoms with van der Waals surface area (Å²) in [5.74, 6) is -0.653. The predicted molar refractivity (Wildman–Crippen MR) is 81.0 cm³/mol. The van der Waals surface area contributed by atoms with Crippen LogP contribution >= 0.6 is 11.6 Å². The topological polar surface area (TPSA) is 49.4 Å². The summed E-state index contributed by atoms with van der Waals surface area (Å²) < 4.78 is 13.4. The maximum atomic E-state index is 13.4. The Morgan fingerprint density at radius 3 is 2.82 bits per heavy atom. The van der Waals surface area contributed by atoms with Crippen LogP contribution < -0.4 is 5.32 Å². The van der Waals surface area contributed by atoms with Gasteiger partial charge in [-0.2, -0.15) is 0 Å². The molecule has 2 fully saturated rings. The molecule has 0 aromatic heterocycles. The molecule has 4 nitrogen and oxygen atoms in total. The van der Waals surface area contributed by atoms with Gasteiger partial charge in [0, 0.05) is 18.1 Å². The molecule has 3 rings (SSSR count). The number of benzene rings is 1. The number of hydrogen-bond donors (Lipinski definition) is 1. The Morgan fingerprint density at radius 1 is 1.32 bits per heavy atom. The zero-order valence-corrected chi connectivity index (χ0v) is 13.0. The van der Waals surface area contributed by atoms with E-state index in [-0.39, 0.29) is 23.3 Å². The molecule has 0 radical (unpaired) electrons. The lowest BCUT2D eigenvalue weighted by Gasteiger charge is -2.40. The summed E-state index contributed by atoms with van der Waals surface area (Å²) >= 11 is 5.83. The average molecular weight is 325 g/mol. The first-order valence-corrected chi connectivity index (χ1v) is 7.93. The van der Waals surface area contributed by atoms with E-state index in [1.54, 1.807) is 11.0 Å². The molecule has 22 heavy (non-hydrogen) atoms. The van der Waals surface area contributed by atoms with E-state index >= 15 is 0 Å².